The minimum absolute atomic E-state index is 0.0165. The van der Waals surface area contributed by atoms with Crippen LogP contribution in [0.4, 0.5) is 21.9 Å². The van der Waals surface area contributed by atoms with Crippen molar-refractivity contribution < 1.29 is 23.5 Å². The number of nitrogens with one attached hydrogen (secondary N) is 3. The molecule has 1 fully saturated rings. The molecule has 1 aromatic heterocycles. The summed E-state index contributed by atoms with van der Waals surface area (Å²) in [6.45, 7) is 2.11. The van der Waals surface area contributed by atoms with Crippen molar-refractivity contribution in [2.24, 2.45) is 0 Å². The van der Waals surface area contributed by atoms with Gasteiger partial charge in [0.15, 0.2) is 0 Å². The van der Waals surface area contributed by atoms with Gasteiger partial charge in [-0.05, 0) is 24.5 Å². The van der Waals surface area contributed by atoms with Crippen LogP contribution in [0.1, 0.15) is 31.4 Å². The molecule has 3 N–H and O–H groups in total. The van der Waals surface area contributed by atoms with E-state index in [0.29, 0.717) is 49.3 Å². The number of nitrogens with zero attached hydrogens (tertiary/aromatic N) is 1. The zero-order chi connectivity index (χ0) is 31.3. The molecule has 0 atom stereocenters. The summed E-state index contributed by atoms with van der Waals surface area (Å²) < 4.78 is 11.1. The van der Waals surface area contributed by atoms with Gasteiger partial charge in [0.25, 0.3) is 0 Å². The van der Waals surface area contributed by atoms with Crippen molar-refractivity contribution in [2.75, 3.05) is 35.6 Å². The van der Waals surface area contributed by atoms with Crippen LogP contribution in [0, 0.1) is 0 Å². The number of benzene rings is 3. The number of ether oxygens (including phenoxy) is 1. The van der Waals surface area contributed by atoms with Crippen LogP contribution in [0.15, 0.2) is 102 Å². The zero-order valence-corrected chi connectivity index (χ0v) is 27.0. The summed E-state index contributed by atoms with van der Waals surface area (Å²) in [5, 5.41) is 10.5. The number of para-hydroxylation sites is 1. The molecule has 0 bridgehead atoms. The second-order valence-electron chi connectivity index (χ2n) is 10.8. The van der Waals surface area contributed by atoms with E-state index in [1.54, 1.807) is 12.3 Å². The first kappa shape index (κ1) is 32.1. The number of piperidine rings is 1. The van der Waals surface area contributed by atoms with Gasteiger partial charge in [-0.3, -0.25) is 5.32 Å². The van der Waals surface area contributed by atoms with Gasteiger partial charge in [-0.15, -0.1) is 0 Å². The molecule has 9 nitrogen and oxygen atoms in total. The van der Waals surface area contributed by atoms with Crippen LogP contribution in [-0.2, 0) is 19.5 Å². The van der Waals surface area contributed by atoms with Crippen LogP contribution in [0.2, 0.25) is 5.21 Å². The summed E-state index contributed by atoms with van der Waals surface area (Å²) in [4.78, 5) is 39.9. The molecule has 2 heterocycles. The topological polar surface area (TPSA) is 113 Å². The molecule has 0 spiro atoms. The molecule has 1 aliphatic heterocycles. The van der Waals surface area contributed by atoms with Gasteiger partial charge < -0.3 is 4.74 Å². The molecular weight excluding hydrogens is 631 g/mol. The van der Waals surface area contributed by atoms with Crippen LogP contribution < -0.4 is 16.0 Å². The van der Waals surface area contributed by atoms with Crippen LogP contribution in [0.5, 0.6) is 0 Å². The first-order valence-electron chi connectivity index (χ1n) is 15.2. The second kappa shape index (κ2) is 16.7. The summed E-state index contributed by atoms with van der Waals surface area (Å²) >= 11 is 0.0165. The predicted molar refractivity (Wildman–Crippen MR) is 177 cm³/mol. The Morgan fingerprint density at radius 1 is 0.800 bits per heavy atom. The van der Waals surface area contributed by atoms with Gasteiger partial charge in [-0.25, -0.2) is 4.79 Å². The SMILES string of the molecule is O=C(CC[As]Cc1ccco1)Nc1cccc(NC(=O)CCN2CCC(OC(=O)Nc3ccccc3-c3ccccc3)CC2)c1. The number of hydrogen-bond acceptors (Lipinski definition) is 6. The van der Waals surface area contributed by atoms with Gasteiger partial charge in [-0.2, -0.15) is 0 Å². The number of carbonyl (C=O) groups excluding carboxylic acids is 3. The number of carbonyl (C=O) groups is 3. The Morgan fingerprint density at radius 3 is 2.24 bits per heavy atom. The van der Waals surface area contributed by atoms with E-state index in [2.05, 4.69) is 20.9 Å². The van der Waals surface area contributed by atoms with Gasteiger partial charge >= 0.3 is 153 Å². The molecule has 1 radical (unpaired) electrons. The van der Waals surface area contributed by atoms with E-state index < -0.39 is 6.09 Å². The van der Waals surface area contributed by atoms with E-state index in [1.165, 1.54) is 0 Å². The number of furan rings is 1. The molecular formula is C35H38AsN4O5. The fourth-order valence-corrected chi connectivity index (χ4v) is 7.09. The molecule has 0 saturated carbocycles. The van der Waals surface area contributed by atoms with Crippen molar-refractivity contribution in [3.05, 3.63) is 103 Å². The summed E-state index contributed by atoms with van der Waals surface area (Å²) in [6, 6.07) is 28.7. The second-order valence-corrected chi connectivity index (χ2v) is 13.4. The number of hydrogen-bond donors (Lipinski definition) is 3. The fraction of sp³-hybridized carbons (Fsp3) is 0.286. The van der Waals surface area contributed by atoms with Crippen LogP contribution in [-0.4, -0.2) is 64.3 Å². The summed E-state index contributed by atoms with van der Waals surface area (Å²) in [6.07, 6.45) is 3.27. The van der Waals surface area contributed by atoms with E-state index in [9.17, 15) is 14.4 Å². The third kappa shape index (κ3) is 10.4. The molecule has 3 aromatic carbocycles. The van der Waals surface area contributed by atoms with Crippen LogP contribution in [0.25, 0.3) is 11.1 Å². The standard InChI is InChI=1S/C35H38AsN4O5/c41-33(15-19-36-25-30-12-7-23-44-30)37-27-10-6-11-28(24-27)38-34(42)18-22-40-20-16-29(17-21-40)45-35(43)39-32-14-5-4-13-31(32)26-8-2-1-3-9-26/h1-14,23-24,29H,15-22,25H2,(H,37,41)(H,38,42)(H,39,43). The van der Waals surface area contributed by atoms with E-state index in [1.807, 2.05) is 84.9 Å². The normalized spacial score (nSPS) is 13.9. The fourth-order valence-electron chi connectivity index (χ4n) is 5.16. The molecule has 1 aliphatic rings. The maximum atomic E-state index is 12.7. The average Bonchev–Trinajstić information content (AvgIpc) is 3.57. The third-order valence-electron chi connectivity index (χ3n) is 7.49. The minimum atomic E-state index is -0.457. The Bertz CT molecular complexity index is 1540. The van der Waals surface area contributed by atoms with Crippen LogP contribution >= 0.6 is 0 Å². The van der Waals surface area contributed by atoms with E-state index in [4.69, 9.17) is 9.15 Å². The summed E-state index contributed by atoms with van der Waals surface area (Å²) in [5.41, 5.74) is 3.98. The van der Waals surface area contributed by atoms with Crippen molar-refractivity contribution >= 4 is 50.7 Å². The summed E-state index contributed by atoms with van der Waals surface area (Å²) in [7, 11) is 0. The maximum absolute atomic E-state index is 12.7. The molecule has 5 rings (SSSR count). The Morgan fingerprint density at radius 2 is 1.51 bits per heavy atom. The number of amides is 3. The van der Waals surface area contributed by atoms with E-state index in [-0.39, 0.29) is 33.7 Å². The Balaban J connectivity index is 0.981. The monoisotopic (exact) mass is 669 g/mol. The van der Waals surface area contributed by atoms with Crippen molar-refractivity contribution in [3.8, 4) is 11.1 Å². The van der Waals surface area contributed by atoms with Gasteiger partial charge in [-0.1, -0.05) is 48.5 Å². The zero-order valence-electron chi connectivity index (χ0n) is 25.1. The van der Waals surface area contributed by atoms with Gasteiger partial charge in [0.05, 0.1) is 5.69 Å². The predicted octanol–water partition coefficient (Wildman–Crippen LogP) is 6.64. The molecule has 1 saturated heterocycles. The average molecular weight is 670 g/mol. The molecule has 4 aromatic rings. The molecule has 0 unspecified atom stereocenters. The van der Waals surface area contributed by atoms with Crippen LogP contribution in [0.3, 0.4) is 0 Å². The molecule has 233 valence electrons. The Hall–Kier alpha value is -4.33. The van der Waals surface area contributed by atoms with Crippen molar-refractivity contribution in [2.45, 2.75) is 42.2 Å². The Labute approximate surface area is 270 Å². The third-order valence-corrected chi connectivity index (χ3v) is 9.74. The summed E-state index contributed by atoms with van der Waals surface area (Å²) in [5.74, 6) is 0.851. The van der Waals surface area contributed by atoms with Crippen molar-refractivity contribution in [1.82, 2.24) is 4.90 Å². The van der Waals surface area contributed by atoms with E-state index in [0.717, 1.165) is 40.4 Å². The molecule has 3 amide bonds. The van der Waals surface area contributed by atoms with Gasteiger partial charge in [0.1, 0.15) is 6.10 Å². The Kier molecular flexibility index (Phi) is 11.9. The van der Waals surface area contributed by atoms with Crippen molar-refractivity contribution in [3.63, 3.8) is 0 Å². The number of likely N-dealkylation sites (tertiary alicyclic amines) is 1. The molecule has 45 heavy (non-hydrogen) atoms. The quantitative estimate of drug-likeness (QED) is 0.109. The molecule has 0 aliphatic carbocycles. The molecule has 10 heteroatoms. The first-order chi connectivity index (χ1) is 22.0. The van der Waals surface area contributed by atoms with Gasteiger partial charge in [0, 0.05) is 18.7 Å². The van der Waals surface area contributed by atoms with Crippen molar-refractivity contribution in [1.29, 1.82) is 0 Å². The van der Waals surface area contributed by atoms with E-state index >= 15 is 0 Å². The number of anilines is 3. The van der Waals surface area contributed by atoms with Gasteiger partial charge in [0.2, 0.25) is 0 Å². The first-order valence-corrected chi connectivity index (χ1v) is 17.9. The number of rotatable bonds is 13.